The van der Waals surface area contributed by atoms with E-state index in [0.717, 1.165) is 24.8 Å². The third kappa shape index (κ3) is 6.97. The molecule has 2 aromatic heterocycles. The van der Waals surface area contributed by atoms with Crippen molar-refractivity contribution in [1.29, 1.82) is 0 Å². The minimum absolute atomic E-state index is 0.0708. The molecule has 1 aromatic carbocycles. The molecule has 2 N–H and O–H groups in total. The third-order valence-electron chi connectivity index (χ3n) is 7.96. The van der Waals surface area contributed by atoms with Crippen LogP contribution in [0.1, 0.15) is 81.6 Å². The average Bonchev–Trinajstić information content (AvgIpc) is 2.92. The Morgan fingerprint density at radius 2 is 1.93 bits per heavy atom. The second-order valence-electron chi connectivity index (χ2n) is 12.6. The van der Waals surface area contributed by atoms with Gasteiger partial charge in [0, 0.05) is 30.7 Å². The first-order valence-corrected chi connectivity index (χ1v) is 14.7. The summed E-state index contributed by atoms with van der Waals surface area (Å²) in [5, 5.41) is 6.21. The number of alkyl carbamates (subject to hydrolysis) is 1. The fourth-order valence-electron chi connectivity index (χ4n) is 6.20. The van der Waals surface area contributed by atoms with E-state index in [1.54, 1.807) is 24.7 Å². The van der Waals surface area contributed by atoms with Crippen LogP contribution in [0.4, 0.5) is 25.0 Å². The Morgan fingerprint density at radius 1 is 1.12 bits per heavy atom. The van der Waals surface area contributed by atoms with Gasteiger partial charge in [0.2, 0.25) is 0 Å². The van der Waals surface area contributed by atoms with Crippen molar-refractivity contribution in [2.75, 3.05) is 23.3 Å². The van der Waals surface area contributed by atoms with Gasteiger partial charge in [0.25, 0.3) is 5.91 Å². The van der Waals surface area contributed by atoms with Crippen molar-refractivity contribution in [3.8, 4) is 0 Å². The topological polar surface area (TPSA) is 96.4 Å². The molecule has 42 heavy (non-hydrogen) atoms. The number of fused-ring (bicyclic) bond motifs is 1. The van der Waals surface area contributed by atoms with E-state index in [9.17, 15) is 18.4 Å². The lowest BCUT2D eigenvalue weighted by Gasteiger charge is -2.35. The second-order valence-corrected chi connectivity index (χ2v) is 12.6. The van der Waals surface area contributed by atoms with Gasteiger partial charge in [-0.3, -0.25) is 14.8 Å². The molecule has 1 aliphatic heterocycles. The van der Waals surface area contributed by atoms with Crippen LogP contribution in [0.3, 0.4) is 0 Å². The van der Waals surface area contributed by atoms with E-state index in [4.69, 9.17) is 4.74 Å². The fourth-order valence-corrected chi connectivity index (χ4v) is 6.20. The number of carbonyl (C=O) groups excluding carboxylic acids is 2. The molecule has 2 amide bonds. The van der Waals surface area contributed by atoms with Crippen molar-refractivity contribution < 1.29 is 23.1 Å². The van der Waals surface area contributed by atoms with Crippen LogP contribution in [-0.2, 0) is 4.74 Å². The van der Waals surface area contributed by atoms with Gasteiger partial charge < -0.3 is 20.3 Å². The minimum atomic E-state index is -0.930. The smallest absolute Gasteiger partial charge is 0.407 e. The highest BCUT2D eigenvalue weighted by Gasteiger charge is 2.31. The largest absolute Gasteiger partial charge is 0.444 e. The first kappa shape index (κ1) is 29.7. The zero-order valence-electron chi connectivity index (χ0n) is 24.6. The number of rotatable bonds is 5. The standard InChI is InChI=1S/C32H39F2N5O3/c1-19-12-20(14-22(13-19)37-31(41)42-32(2,3)4)24-9-10-35-17-28(24)38-30(40)25-7-8-27(34)26-15-23(16-36-29(25)26)39-11-5-6-21(33)18-39/h7-10,15-17,19-22H,5-6,11-14,18H2,1-4H3,(H,37,41)(H,38,40)/t19-,20+,21+,22-/m0/s1. The number of hydrogen-bond acceptors (Lipinski definition) is 6. The molecule has 0 spiro atoms. The number of ether oxygens (including phenoxy) is 1. The Hall–Kier alpha value is -3.82. The van der Waals surface area contributed by atoms with Crippen molar-refractivity contribution in [3.05, 3.63) is 59.8 Å². The summed E-state index contributed by atoms with van der Waals surface area (Å²) in [5.41, 5.74) is 2.01. The fraction of sp³-hybridized carbons (Fsp3) is 0.500. The number of nitrogens with zero attached hydrogens (tertiary/aromatic N) is 3. The molecule has 0 unspecified atom stereocenters. The summed E-state index contributed by atoms with van der Waals surface area (Å²) in [6, 6.07) is 6.15. The molecule has 0 bridgehead atoms. The van der Waals surface area contributed by atoms with Crippen molar-refractivity contribution in [3.63, 3.8) is 0 Å². The number of piperidine rings is 1. The quantitative estimate of drug-likeness (QED) is 0.347. The van der Waals surface area contributed by atoms with Crippen LogP contribution in [0.15, 0.2) is 42.9 Å². The highest BCUT2D eigenvalue weighted by molar-refractivity contribution is 6.12. The molecule has 5 rings (SSSR count). The lowest BCUT2D eigenvalue weighted by Crippen LogP contribution is -2.42. The summed E-state index contributed by atoms with van der Waals surface area (Å²) in [7, 11) is 0. The predicted octanol–water partition coefficient (Wildman–Crippen LogP) is 6.76. The lowest BCUT2D eigenvalue weighted by atomic mass is 9.76. The third-order valence-corrected chi connectivity index (χ3v) is 7.96. The summed E-state index contributed by atoms with van der Waals surface area (Å²) < 4.78 is 34.4. The maximum atomic E-state index is 14.9. The number of pyridine rings is 2. The molecular weight excluding hydrogens is 540 g/mol. The highest BCUT2D eigenvalue weighted by Crippen LogP contribution is 2.39. The lowest BCUT2D eigenvalue weighted by molar-refractivity contribution is 0.0482. The first-order valence-electron chi connectivity index (χ1n) is 14.7. The predicted molar refractivity (Wildman–Crippen MR) is 159 cm³/mol. The molecule has 0 radical (unpaired) electrons. The first-order chi connectivity index (χ1) is 20.0. The number of amides is 2. The summed E-state index contributed by atoms with van der Waals surface area (Å²) in [5.74, 6) is -0.510. The van der Waals surface area contributed by atoms with Gasteiger partial charge in [-0.1, -0.05) is 6.92 Å². The van der Waals surface area contributed by atoms with Gasteiger partial charge in [0.1, 0.15) is 17.6 Å². The van der Waals surface area contributed by atoms with E-state index in [1.165, 1.54) is 12.1 Å². The number of carbonyl (C=O) groups is 2. The van der Waals surface area contributed by atoms with Crippen molar-refractivity contribution >= 4 is 34.3 Å². The summed E-state index contributed by atoms with van der Waals surface area (Å²) in [6.45, 7) is 8.56. The Labute approximate surface area is 245 Å². The molecular formula is C32H39F2N5O3. The van der Waals surface area contributed by atoms with Gasteiger partial charge in [0.05, 0.1) is 34.8 Å². The van der Waals surface area contributed by atoms with E-state index in [0.29, 0.717) is 36.7 Å². The number of hydrogen-bond donors (Lipinski definition) is 2. The molecule has 224 valence electrons. The average molecular weight is 580 g/mol. The van der Waals surface area contributed by atoms with Gasteiger partial charge in [-0.05, 0) is 94.5 Å². The maximum absolute atomic E-state index is 14.9. The number of benzene rings is 1. The van der Waals surface area contributed by atoms with Gasteiger partial charge >= 0.3 is 6.09 Å². The second kappa shape index (κ2) is 12.2. The molecule has 10 heteroatoms. The number of aromatic nitrogens is 2. The normalized spacial score (nSPS) is 23.0. The van der Waals surface area contributed by atoms with Crippen molar-refractivity contribution in [2.45, 2.75) is 83.5 Å². The van der Waals surface area contributed by atoms with Gasteiger partial charge in [-0.15, -0.1) is 0 Å². The Morgan fingerprint density at radius 3 is 2.69 bits per heavy atom. The number of nitrogens with one attached hydrogen (secondary N) is 2. The summed E-state index contributed by atoms with van der Waals surface area (Å²) in [6.07, 6.45) is 7.17. The zero-order valence-corrected chi connectivity index (χ0v) is 24.6. The number of halogens is 2. The van der Waals surface area contributed by atoms with E-state index in [-0.39, 0.29) is 35.0 Å². The molecule has 1 saturated heterocycles. The van der Waals surface area contributed by atoms with Crippen LogP contribution in [-0.4, -0.2) is 52.9 Å². The van der Waals surface area contributed by atoms with E-state index >= 15 is 0 Å². The Bertz CT molecular complexity index is 1460. The molecule has 4 atom stereocenters. The Balaban J connectivity index is 1.36. The molecule has 1 aliphatic carbocycles. The summed E-state index contributed by atoms with van der Waals surface area (Å²) in [4.78, 5) is 36.6. The van der Waals surface area contributed by atoms with Crippen LogP contribution in [0, 0.1) is 11.7 Å². The van der Waals surface area contributed by atoms with E-state index in [2.05, 4.69) is 27.5 Å². The van der Waals surface area contributed by atoms with Crippen LogP contribution >= 0.6 is 0 Å². The SMILES string of the molecule is C[C@@H]1C[C@H](NC(=O)OC(C)(C)C)C[C@H](c2ccncc2NC(=O)c2ccc(F)c3cc(N4CCC[C@@H](F)C4)cnc23)C1. The molecule has 2 aliphatic rings. The van der Waals surface area contributed by atoms with Crippen LogP contribution < -0.4 is 15.5 Å². The molecule has 2 fully saturated rings. The van der Waals surface area contributed by atoms with E-state index in [1.807, 2.05) is 31.7 Å². The zero-order chi connectivity index (χ0) is 30.0. The number of anilines is 2. The Kier molecular flexibility index (Phi) is 8.61. The van der Waals surface area contributed by atoms with Crippen molar-refractivity contribution in [1.82, 2.24) is 15.3 Å². The van der Waals surface area contributed by atoms with Crippen LogP contribution in [0.25, 0.3) is 10.9 Å². The van der Waals surface area contributed by atoms with Gasteiger partial charge in [-0.25, -0.2) is 13.6 Å². The molecule has 8 nitrogen and oxygen atoms in total. The highest BCUT2D eigenvalue weighted by atomic mass is 19.1. The maximum Gasteiger partial charge on any atom is 0.407 e. The van der Waals surface area contributed by atoms with Gasteiger partial charge in [0.15, 0.2) is 0 Å². The van der Waals surface area contributed by atoms with Crippen LogP contribution in [0.2, 0.25) is 0 Å². The molecule has 3 heterocycles. The minimum Gasteiger partial charge on any atom is -0.444 e. The van der Waals surface area contributed by atoms with Crippen LogP contribution in [0.5, 0.6) is 0 Å². The monoisotopic (exact) mass is 579 g/mol. The van der Waals surface area contributed by atoms with Crippen molar-refractivity contribution in [2.24, 2.45) is 5.92 Å². The molecule has 3 aromatic rings. The number of alkyl halides is 1. The van der Waals surface area contributed by atoms with Gasteiger partial charge in [-0.2, -0.15) is 0 Å². The van der Waals surface area contributed by atoms with E-state index < -0.39 is 29.6 Å². The summed E-state index contributed by atoms with van der Waals surface area (Å²) >= 11 is 0. The molecule has 1 saturated carbocycles.